The Morgan fingerprint density at radius 2 is 0.557 bits per heavy atom. The molecule has 0 radical (unpaired) electrons. The molecular weight excluding hydrogens is 865 g/mol. The van der Waals surface area contributed by atoms with Crippen molar-refractivity contribution in [2.24, 2.45) is 0 Å². The highest BCUT2D eigenvalue weighted by molar-refractivity contribution is 5.71. The van der Waals surface area contributed by atoms with Gasteiger partial charge in [0.2, 0.25) is 0 Å². The van der Waals surface area contributed by atoms with Crippen molar-refractivity contribution in [3.05, 3.63) is 85.1 Å². The van der Waals surface area contributed by atoms with Crippen LogP contribution in [0, 0.1) is 0 Å². The summed E-state index contributed by atoms with van der Waals surface area (Å²) in [7, 11) is 0. The SMILES string of the molecule is CC/C=C\C/C=C\C/C=C\C/C=C\C/C=C\C/C=C\CCCCCCC(=O)OCC(COC(=O)CCCCCCCCCCCC)OC(=O)CCCCCCCCCCC/C=C\CCCCCCCC. The molecule has 0 aliphatic rings. The molecule has 6 heteroatoms. The Hall–Kier alpha value is -3.41. The molecule has 0 fully saturated rings. The van der Waals surface area contributed by atoms with Gasteiger partial charge >= 0.3 is 17.9 Å². The lowest BCUT2D eigenvalue weighted by Crippen LogP contribution is -2.30. The fraction of sp³-hybridized carbons (Fsp3) is 0.734. The number of carbonyl (C=O) groups excluding carboxylic acids is 3. The van der Waals surface area contributed by atoms with Crippen LogP contribution in [-0.4, -0.2) is 37.2 Å². The van der Waals surface area contributed by atoms with Crippen molar-refractivity contribution < 1.29 is 28.6 Å². The fourth-order valence-corrected chi connectivity index (χ4v) is 8.21. The van der Waals surface area contributed by atoms with Gasteiger partial charge in [-0.05, 0) is 96.3 Å². The minimum absolute atomic E-state index is 0.0836. The number of ether oxygens (including phenoxy) is 3. The van der Waals surface area contributed by atoms with E-state index in [1.54, 1.807) is 0 Å². The summed E-state index contributed by atoms with van der Waals surface area (Å²) in [6.07, 6.45) is 75.8. The third-order valence-corrected chi connectivity index (χ3v) is 12.6. The lowest BCUT2D eigenvalue weighted by molar-refractivity contribution is -0.167. The van der Waals surface area contributed by atoms with Gasteiger partial charge in [0, 0.05) is 19.3 Å². The van der Waals surface area contributed by atoms with Gasteiger partial charge in [0.25, 0.3) is 0 Å². The maximum absolute atomic E-state index is 12.9. The van der Waals surface area contributed by atoms with Crippen LogP contribution < -0.4 is 0 Å². The van der Waals surface area contributed by atoms with Gasteiger partial charge in [0.15, 0.2) is 6.10 Å². The minimum Gasteiger partial charge on any atom is -0.462 e. The number of allylic oxidation sites excluding steroid dienone is 14. The highest BCUT2D eigenvalue weighted by atomic mass is 16.6. The summed E-state index contributed by atoms with van der Waals surface area (Å²) in [4.78, 5) is 38.1. The summed E-state index contributed by atoms with van der Waals surface area (Å²) in [5.41, 5.74) is 0. The van der Waals surface area contributed by atoms with E-state index >= 15 is 0 Å². The van der Waals surface area contributed by atoms with E-state index in [0.29, 0.717) is 19.3 Å². The predicted molar refractivity (Wildman–Crippen MR) is 302 cm³/mol. The first-order chi connectivity index (χ1) is 34.5. The molecule has 0 saturated carbocycles. The second-order valence-corrected chi connectivity index (χ2v) is 19.5. The van der Waals surface area contributed by atoms with Crippen LogP contribution >= 0.6 is 0 Å². The van der Waals surface area contributed by atoms with Crippen molar-refractivity contribution in [2.45, 2.75) is 290 Å². The van der Waals surface area contributed by atoms with Crippen molar-refractivity contribution in [3.8, 4) is 0 Å². The summed E-state index contributed by atoms with van der Waals surface area (Å²) in [6.45, 7) is 6.50. The number of hydrogen-bond acceptors (Lipinski definition) is 6. The number of hydrogen-bond donors (Lipinski definition) is 0. The number of esters is 3. The average molecular weight is 976 g/mol. The molecule has 1 unspecified atom stereocenters. The largest absolute Gasteiger partial charge is 0.462 e. The van der Waals surface area contributed by atoms with E-state index in [1.165, 1.54) is 135 Å². The Labute approximate surface area is 433 Å². The lowest BCUT2D eigenvalue weighted by Gasteiger charge is -2.18. The third kappa shape index (κ3) is 55.5. The Kier molecular flexibility index (Phi) is 55.3. The van der Waals surface area contributed by atoms with E-state index in [2.05, 4.69) is 106 Å². The van der Waals surface area contributed by atoms with Crippen LogP contribution in [0.15, 0.2) is 85.1 Å². The molecule has 0 N–H and O–H groups in total. The molecule has 6 nitrogen and oxygen atoms in total. The van der Waals surface area contributed by atoms with Crippen LogP contribution in [0.5, 0.6) is 0 Å². The van der Waals surface area contributed by atoms with E-state index in [1.807, 2.05) is 0 Å². The third-order valence-electron chi connectivity index (χ3n) is 12.6. The van der Waals surface area contributed by atoms with Crippen molar-refractivity contribution in [3.63, 3.8) is 0 Å². The molecule has 0 bridgehead atoms. The first-order valence-electron chi connectivity index (χ1n) is 29.6. The Morgan fingerprint density at radius 3 is 0.886 bits per heavy atom. The second-order valence-electron chi connectivity index (χ2n) is 19.5. The zero-order valence-corrected chi connectivity index (χ0v) is 46.0. The Morgan fingerprint density at radius 1 is 0.300 bits per heavy atom. The topological polar surface area (TPSA) is 78.9 Å². The van der Waals surface area contributed by atoms with Crippen molar-refractivity contribution in [1.82, 2.24) is 0 Å². The van der Waals surface area contributed by atoms with Crippen LogP contribution in [0.3, 0.4) is 0 Å². The van der Waals surface area contributed by atoms with Crippen LogP contribution in [-0.2, 0) is 28.6 Å². The van der Waals surface area contributed by atoms with Gasteiger partial charge in [-0.25, -0.2) is 0 Å². The minimum atomic E-state index is -0.787. The zero-order chi connectivity index (χ0) is 50.7. The Balaban J connectivity index is 4.35. The van der Waals surface area contributed by atoms with Gasteiger partial charge in [-0.15, -0.1) is 0 Å². The highest BCUT2D eigenvalue weighted by Crippen LogP contribution is 2.15. The van der Waals surface area contributed by atoms with E-state index in [-0.39, 0.29) is 31.1 Å². The molecule has 0 amide bonds. The molecule has 0 spiro atoms. The predicted octanol–water partition coefficient (Wildman–Crippen LogP) is 19.9. The molecule has 0 aromatic heterocycles. The molecular formula is C64H110O6. The molecule has 1 atom stereocenters. The van der Waals surface area contributed by atoms with Gasteiger partial charge in [-0.1, -0.05) is 254 Å². The number of rotatable bonds is 53. The highest BCUT2D eigenvalue weighted by Gasteiger charge is 2.19. The Bertz CT molecular complexity index is 1350. The number of carbonyl (C=O) groups is 3. The normalized spacial score (nSPS) is 12.7. The molecule has 0 rings (SSSR count). The second kappa shape index (κ2) is 58.2. The molecule has 0 aromatic carbocycles. The van der Waals surface area contributed by atoms with Crippen molar-refractivity contribution in [2.75, 3.05) is 13.2 Å². The maximum atomic E-state index is 12.9. The summed E-state index contributed by atoms with van der Waals surface area (Å²) in [6, 6.07) is 0. The van der Waals surface area contributed by atoms with Crippen LogP contribution in [0.2, 0.25) is 0 Å². The molecule has 0 aliphatic carbocycles. The zero-order valence-electron chi connectivity index (χ0n) is 46.0. The first kappa shape index (κ1) is 66.6. The number of unbranched alkanes of at least 4 members (excludes halogenated alkanes) is 28. The van der Waals surface area contributed by atoms with Gasteiger partial charge in [-0.2, -0.15) is 0 Å². The monoisotopic (exact) mass is 975 g/mol. The van der Waals surface area contributed by atoms with E-state index in [9.17, 15) is 14.4 Å². The summed E-state index contributed by atoms with van der Waals surface area (Å²) < 4.78 is 16.8. The molecule has 0 saturated heterocycles. The van der Waals surface area contributed by atoms with E-state index in [4.69, 9.17) is 14.2 Å². The summed E-state index contributed by atoms with van der Waals surface area (Å²) in [5, 5.41) is 0. The lowest BCUT2D eigenvalue weighted by atomic mass is 10.1. The van der Waals surface area contributed by atoms with Gasteiger partial charge in [0.1, 0.15) is 13.2 Å². The first-order valence-corrected chi connectivity index (χ1v) is 29.6. The quantitative estimate of drug-likeness (QED) is 0.0261. The van der Waals surface area contributed by atoms with Crippen molar-refractivity contribution >= 4 is 17.9 Å². The van der Waals surface area contributed by atoms with Gasteiger partial charge in [-0.3, -0.25) is 14.4 Å². The van der Waals surface area contributed by atoms with Gasteiger partial charge in [0.05, 0.1) is 0 Å². The molecule has 0 aromatic rings. The fourth-order valence-electron chi connectivity index (χ4n) is 8.21. The maximum Gasteiger partial charge on any atom is 0.306 e. The molecule has 0 aliphatic heterocycles. The van der Waals surface area contributed by atoms with E-state index in [0.717, 1.165) is 109 Å². The summed E-state index contributed by atoms with van der Waals surface area (Å²) >= 11 is 0. The van der Waals surface area contributed by atoms with Crippen LogP contribution in [0.4, 0.5) is 0 Å². The molecule has 70 heavy (non-hydrogen) atoms. The average Bonchev–Trinajstić information content (AvgIpc) is 3.36. The van der Waals surface area contributed by atoms with Gasteiger partial charge < -0.3 is 14.2 Å². The molecule has 0 heterocycles. The van der Waals surface area contributed by atoms with Crippen LogP contribution in [0.1, 0.15) is 284 Å². The molecule has 402 valence electrons. The standard InChI is InChI=1S/C64H110O6/c1-4-7-10-13-16-19-22-24-26-28-30-31-32-33-35-36-38-40-42-45-48-51-54-57-63(66)69-60-61(59-68-62(65)56-53-50-47-44-21-18-15-12-9-6-3)70-64(67)58-55-52-49-46-43-41-39-37-34-29-27-25-23-20-17-14-11-8-5-2/h7,10,16,19,24-27,30-31,33,35,38,40,61H,4-6,8-9,11-15,17-18,20-23,28-29,32,34,36-37,39,41-60H2,1-3H3/b10-7-,19-16-,26-24-,27-25-,31-30-,35-33-,40-38-. The summed E-state index contributed by atoms with van der Waals surface area (Å²) in [5.74, 6) is -0.906. The van der Waals surface area contributed by atoms with Crippen molar-refractivity contribution in [1.29, 1.82) is 0 Å². The van der Waals surface area contributed by atoms with E-state index < -0.39 is 6.10 Å². The smallest absolute Gasteiger partial charge is 0.306 e. The van der Waals surface area contributed by atoms with Crippen LogP contribution in [0.25, 0.3) is 0 Å².